The maximum atomic E-state index is 5.17. The van der Waals surface area contributed by atoms with Gasteiger partial charge in [0.1, 0.15) is 0 Å². The molecule has 2 nitrogen and oxygen atoms in total. The predicted molar refractivity (Wildman–Crippen MR) is 49.1 cm³/mol. The SMILES string of the molecule is CCCCn1ccn(C)c1=S. The Morgan fingerprint density at radius 3 is 2.64 bits per heavy atom. The van der Waals surface area contributed by atoms with Crippen LogP contribution >= 0.6 is 12.2 Å². The first kappa shape index (κ1) is 8.53. The summed E-state index contributed by atoms with van der Waals surface area (Å²) >= 11 is 5.17. The fourth-order valence-electron chi connectivity index (χ4n) is 1.01. The van der Waals surface area contributed by atoms with E-state index in [1.165, 1.54) is 12.8 Å². The molecule has 1 rings (SSSR count). The second-order valence-electron chi connectivity index (χ2n) is 2.74. The molecule has 0 saturated carbocycles. The zero-order valence-electron chi connectivity index (χ0n) is 7.08. The smallest absolute Gasteiger partial charge is 0.179 e. The lowest BCUT2D eigenvalue weighted by atomic mass is 10.3. The molecule has 0 aromatic carbocycles. The molecule has 0 aliphatic heterocycles. The predicted octanol–water partition coefficient (Wildman–Crippen LogP) is 2.36. The van der Waals surface area contributed by atoms with Crippen molar-refractivity contribution in [2.75, 3.05) is 0 Å². The van der Waals surface area contributed by atoms with Gasteiger partial charge in [-0.2, -0.15) is 0 Å². The first-order valence-corrected chi connectivity index (χ1v) is 4.38. The Labute approximate surface area is 72.5 Å². The molecule has 1 heterocycles. The van der Waals surface area contributed by atoms with Crippen molar-refractivity contribution in [3.63, 3.8) is 0 Å². The van der Waals surface area contributed by atoms with Crippen LogP contribution in [-0.4, -0.2) is 9.13 Å². The average molecular weight is 170 g/mol. The van der Waals surface area contributed by atoms with Crippen LogP contribution in [0.4, 0.5) is 0 Å². The summed E-state index contributed by atoms with van der Waals surface area (Å²) in [6.45, 7) is 3.24. The molecule has 0 saturated heterocycles. The van der Waals surface area contributed by atoms with Crippen LogP contribution in [0.3, 0.4) is 0 Å². The second-order valence-corrected chi connectivity index (χ2v) is 3.10. The molecule has 11 heavy (non-hydrogen) atoms. The number of rotatable bonds is 3. The summed E-state index contributed by atoms with van der Waals surface area (Å²) < 4.78 is 4.99. The highest BCUT2D eigenvalue weighted by Crippen LogP contribution is 1.98. The number of aryl methyl sites for hydroxylation is 2. The summed E-state index contributed by atoms with van der Waals surface area (Å²) in [6.07, 6.45) is 6.46. The third-order valence-electron chi connectivity index (χ3n) is 1.77. The Kier molecular flexibility index (Phi) is 2.88. The Balaban J connectivity index is 2.71. The first-order chi connectivity index (χ1) is 5.25. The van der Waals surface area contributed by atoms with Gasteiger partial charge < -0.3 is 9.13 Å². The number of hydrogen-bond donors (Lipinski definition) is 0. The lowest BCUT2D eigenvalue weighted by molar-refractivity contribution is 0.615. The number of aromatic nitrogens is 2. The maximum Gasteiger partial charge on any atom is 0.179 e. The highest BCUT2D eigenvalue weighted by Gasteiger charge is 1.93. The van der Waals surface area contributed by atoms with Crippen molar-refractivity contribution in [2.24, 2.45) is 7.05 Å². The molecule has 0 aliphatic rings. The Bertz CT molecular complexity index is 272. The van der Waals surface area contributed by atoms with E-state index in [1.807, 2.05) is 24.0 Å². The van der Waals surface area contributed by atoms with E-state index in [-0.39, 0.29) is 0 Å². The van der Waals surface area contributed by atoms with Crippen LogP contribution in [-0.2, 0) is 13.6 Å². The van der Waals surface area contributed by atoms with Crippen molar-refractivity contribution in [1.29, 1.82) is 0 Å². The number of nitrogens with zero attached hydrogens (tertiary/aromatic N) is 2. The monoisotopic (exact) mass is 170 g/mol. The van der Waals surface area contributed by atoms with E-state index in [1.54, 1.807) is 0 Å². The first-order valence-electron chi connectivity index (χ1n) is 3.97. The van der Waals surface area contributed by atoms with Crippen molar-refractivity contribution >= 4 is 12.2 Å². The van der Waals surface area contributed by atoms with E-state index in [4.69, 9.17) is 12.2 Å². The summed E-state index contributed by atoms with van der Waals surface area (Å²) in [6, 6.07) is 0. The van der Waals surface area contributed by atoms with Gasteiger partial charge in [-0.25, -0.2) is 0 Å². The molecule has 0 unspecified atom stereocenters. The number of unbranched alkanes of at least 4 members (excludes halogenated alkanes) is 1. The summed E-state index contributed by atoms with van der Waals surface area (Å²) in [5, 5.41) is 0. The van der Waals surface area contributed by atoms with E-state index in [2.05, 4.69) is 11.5 Å². The topological polar surface area (TPSA) is 9.86 Å². The normalized spacial score (nSPS) is 10.4. The molecule has 0 atom stereocenters. The van der Waals surface area contributed by atoms with E-state index in [0.717, 1.165) is 11.3 Å². The molecule has 1 aromatic rings. The van der Waals surface area contributed by atoms with Crippen molar-refractivity contribution in [3.05, 3.63) is 17.2 Å². The van der Waals surface area contributed by atoms with Gasteiger partial charge in [-0.15, -0.1) is 0 Å². The molecule has 0 amide bonds. The zero-order valence-corrected chi connectivity index (χ0v) is 7.90. The highest BCUT2D eigenvalue weighted by molar-refractivity contribution is 7.71. The van der Waals surface area contributed by atoms with E-state index in [0.29, 0.717) is 0 Å². The largest absolute Gasteiger partial charge is 0.327 e. The van der Waals surface area contributed by atoms with Gasteiger partial charge in [0.2, 0.25) is 0 Å². The second kappa shape index (κ2) is 3.72. The summed E-state index contributed by atoms with van der Waals surface area (Å²) in [5.41, 5.74) is 0. The van der Waals surface area contributed by atoms with Crippen LogP contribution < -0.4 is 0 Å². The quantitative estimate of drug-likeness (QED) is 0.633. The Hall–Kier alpha value is -0.570. The van der Waals surface area contributed by atoms with E-state index in [9.17, 15) is 0 Å². The minimum absolute atomic E-state index is 0.915. The minimum atomic E-state index is 0.915. The van der Waals surface area contributed by atoms with Crippen molar-refractivity contribution < 1.29 is 0 Å². The van der Waals surface area contributed by atoms with Gasteiger partial charge >= 0.3 is 0 Å². The van der Waals surface area contributed by atoms with Crippen molar-refractivity contribution in [2.45, 2.75) is 26.3 Å². The molecule has 62 valence electrons. The van der Waals surface area contributed by atoms with Crippen LogP contribution in [0.1, 0.15) is 19.8 Å². The number of hydrogen-bond acceptors (Lipinski definition) is 1. The molecule has 1 aromatic heterocycles. The summed E-state index contributed by atoms with van der Waals surface area (Å²) in [7, 11) is 1.98. The van der Waals surface area contributed by atoms with Gasteiger partial charge in [-0.1, -0.05) is 13.3 Å². The van der Waals surface area contributed by atoms with Gasteiger partial charge in [0.05, 0.1) is 0 Å². The Morgan fingerprint density at radius 1 is 1.45 bits per heavy atom. The van der Waals surface area contributed by atoms with Gasteiger partial charge in [-0.3, -0.25) is 0 Å². The van der Waals surface area contributed by atoms with Crippen LogP contribution in [0, 0.1) is 4.77 Å². The van der Waals surface area contributed by atoms with Gasteiger partial charge in [-0.05, 0) is 18.6 Å². The van der Waals surface area contributed by atoms with E-state index < -0.39 is 0 Å². The molecule has 0 fully saturated rings. The van der Waals surface area contributed by atoms with Crippen LogP contribution in [0.2, 0.25) is 0 Å². The molecule has 0 N–H and O–H groups in total. The molecule has 3 heteroatoms. The average Bonchev–Trinajstić information content (AvgIpc) is 2.31. The zero-order chi connectivity index (χ0) is 8.27. The van der Waals surface area contributed by atoms with Crippen LogP contribution in [0.5, 0.6) is 0 Å². The fraction of sp³-hybridized carbons (Fsp3) is 0.625. The highest BCUT2D eigenvalue weighted by atomic mass is 32.1. The molecule has 0 spiro atoms. The third-order valence-corrected chi connectivity index (χ3v) is 2.29. The standard InChI is InChI=1S/C8H14N2S/c1-3-4-5-10-7-6-9(2)8(10)11/h6-7H,3-5H2,1-2H3. The number of imidazole rings is 1. The molecule has 0 aliphatic carbocycles. The van der Waals surface area contributed by atoms with Crippen molar-refractivity contribution in [1.82, 2.24) is 9.13 Å². The fourth-order valence-corrected chi connectivity index (χ4v) is 1.22. The lowest BCUT2D eigenvalue weighted by Crippen LogP contribution is -1.97. The Morgan fingerprint density at radius 2 is 2.18 bits per heavy atom. The van der Waals surface area contributed by atoms with E-state index >= 15 is 0 Å². The lowest BCUT2D eigenvalue weighted by Gasteiger charge is -1.98. The van der Waals surface area contributed by atoms with Gasteiger partial charge in [0, 0.05) is 26.0 Å². The maximum absolute atomic E-state index is 5.17. The van der Waals surface area contributed by atoms with Crippen LogP contribution in [0.15, 0.2) is 12.4 Å². The molecule has 0 radical (unpaired) electrons. The van der Waals surface area contributed by atoms with Gasteiger partial charge in [0.25, 0.3) is 0 Å². The molecular formula is C8H14N2S. The minimum Gasteiger partial charge on any atom is -0.327 e. The third kappa shape index (κ3) is 1.93. The summed E-state index contributed by atoms with van der Waals surface area (Å²) in [5.74, 6) is 0. The molecular weight excluding hydrogens is 156 g/mol. The van der Waals surface area contributed by atoms with Crippen molar-refractivity contribution in [3.8, 4) is 0 Å². The van der Waals surface area contributed by atoms with Gasteiger partial charge in [0.15, 0.2) is 4.77 Å². The van der Waals surface area contributed by atoms with Crippen LogP contribution in [0.25, 0.3) is 0 Å². The molecule has 0 bridgehead atoms. The summed E-state index contributed by atoms with van der Waals surface area (Å²) in [4.78, 5) is 0.